The fourth-order valence-corrected chi connectivity index (χ4v) is 3.28. The molecule has 1 aliphatic carbocycles. The van der Waals surface area contributed by atoms with Gasteiger partial charge in [0.1, 0.15) is 11.9 Å². The van der Waals surface area contributed by atoms with E-state index in [1.807, 2.05) is 26.0 Å². The van der Waals surface area contributed by atoms with Crippen LogP contribution in [0.5, 0.6) is 11.6 Å². The van der Waals surface area contributed by atoms with E-state index in [0.29, 0.717) is 11.6 Å². The summed E-state index contributed by atoms with van der Waals surface area (Å²) in [6.07, 6.45) is 7.76. The molecule has 0 fully saturated rings. The number of rotatable bonds is 4. The van der Waals surface area contributed by atoms with Crippen LogP contribution in [0.4, 0.5) is 0 Å². The molecule has 0 unspecified atom stereocenters. The summed E-state index contributed by atoms with van der Waals surface area (Å²) in [5.41, 5.74) is 4.48. The number of aliphatic hydroxyl groups is 1. The van der Waals surface area contributed by atoms with Crippen LogP contribution in [0.1, 0.15) is 57.7 Å². The van der Waals surface area contributed by atoms with Crippen LogP contribution in [0, 0.1) is 0 Å². The maximum absolute atomic E-state index is 9.22. The van der Waals surface area contributed by atoms with Gasteiger partial charge in [0.15, 0.2) is 5.75 Å². The Morgan fingerprint density at radius 2 is 2.08 bits per heavy atom. The maximum Gasteiger partial charge on any atom is 0.258 e. The van der Waals surface area contributed by atoms with Gasteiger partial charge in [0.25, 0.3) is 5.88 Å². The van der Waals surface area contributed by atoms with E-state index in [4.69, 9.17) is 14.5 Å². The molecule has 0 amide bonds. The lowest BCUT2D eigenvalue weighted by molar-refractivity contribution is 0.257. The van der Waals surface area contributed by atoms with Crippen molar-refractivity contribution in [2.45, 2.75) is 52.6 Å². The number of hydrogen-bond donors (Lipinski definition) is 1. The summed E-state index contributed by atoms with van der Waals surface area (Å²) in [4.78, 5) is 4.80. The molecule has 1 aromatic rings. The lowest BCUT2D eigenvalue weighted by Gasteiger charge is -2.16. The summed E-state index contributed by atoms with van der Waals surface area (Å²) < 4.78 is 12.0. The van der Waals surface area contributed by atoms with Crippen LogP contribution >= 0.6 is 0 Å². The number of ether oxygens (including phenoxy) is 2. The fraction of sp³-hybridized carbons (Fsp3) is 0.450. The van der Waals surface area contributed by atoms with Gasteiger partial charge >= 0.3 is 0 Å². The zero-order valence-corrected chi connectivity index (χ0v) is 14.8. The summed E-state index contributed by atoms with van der Waals surface area (Å²) >= 11 is 0. The monoisotopic (exact) mass is 327 g/mol. The van der Waals surface area contributed by atoms with E-state index in [2.05, 4.69) is 26.0 Å². The van der Waals surface area contributed by atoms with Crippen molar-refractivity contribution in [3.05, 3.63) is 46.9 Å². The van der Waals surface area contributed by atoms with Crippen molar-refractivity contribution >= 4 is 5.57 Å². The van der Waals surface area contributed by atoms with Crippen molar-refractivity contribution in [1.82, 2.24) is 4.98 Å². The first kappa shape index (κ1) is 16.8. The van der Waals surface area contributed by atoms with Gasteiger partial charge in [-0.1, -0.05) is 31.6 Å². The average Bonchev–Trinajstić information content (AvgIpc) is 2.83. The molecule has 1 aromatic heterocycles. The van der Waals surface area contributed by atoms with E-state index in [0.717, 1.165) is 35.4 Å². The largest absolute Gasteiger partial charge is 0.468 e. The molecule has 1 aliphatic heterocycles. The average molecular weight is 327 g/mol. The third-order valence-electron chi connectivity index (χ3n) is 4.58. The number of fused-ring (bicyclic) bond motifs is 2. The van der Waals surface area contributed by atoms with Crippen molar-refractivity contribution in [3.8, 4) is 11.6 Å². The molecule has 4 nitrogen and oxygen atoms in total. The maximum atomic E-state index is 9.22. The van der Waals surface area contributed by atoms with E-state index in [9.17, 15) is 5.11 Å². The Morgan fingerprint density at radius 3 is 2.75 bits per heavy atom. The molecule has 128 valence electrons. The second-order valence-electron chi connectivity index (χ2n) is 6.29. The first-order chi connectivity index (χ1) is 11.6. The van der Waals surface area contributed by atoms with Gasteiger partial charge in [-0.3, -0.25) is 0 Å². The minimum Gasteiger partial charge on any atom is -0.468 e. The van der Waals surface area contributed by atoms with E-state index < -0.39 is 0 Å². The Bertz CT molecular complexity index is 731. The summed E-state index contributed by atoms with van der Waals surface area (Å²) in [5, 5.41) is 9.22. The molecule has 0 saturated carbocycles. The number of aromatic nitrogens is 1. The first-order valence-electron chi connectivity index (χ1n) is 8.66. The highest BCUT2D eigenvalue weighted by atomic mass is 16.5. The molecule has 0 bridgehead atoms. The molecule has 1 N–H and O–H groups in total. The zero-order valence-electron chi connectivity index (χ0n) is 14.8. The molecule has 3 rings (SSSR count). The van der Waals surface area contributed by atoms with Gasteiger partial charge in [0.2, 0.25) is 0 Å². The first-order valence-corrected chi connectivity index (χ1v) is 8.66. The van der Waals surface area contributed by atoms with Crippen LogP contribution in [0.2, 0.25) is 0 Å². The summed E-state index contributed by atoms with van der Waals surface area (Å²) in [6.45, 7) is 8.28. The Morgan fingerprint density at radius 1 is 1.29 bits per heavy atom. The number of aliphatic hydroxyl groups excluding tert-OH is 1. The highest BCUT2D eigenvalue weighted by Gasteiger charge is 2.29. The topological polar surface area (TPSA) is 51.6 Å². The molecule has 0 radical (unpaired) electrons. The zero-order chi connectivity index (χ0) is 17.3. The fourth-order valence-electron chi connectivity index (χ4n) is 3.28. The number of allylic oxidation sites excluding steroid dienone is 4. The minimum absolute atomic E-state index is 0.0400. The molecule has 2 aliphatic rings. The molecular formula is C20H25NO3. The molecular weight excluding hydrogens is 302 g/mol. The SMILES string of the molecule is CCC1=C[C@H](C)Oc2nc3c(cc2O1)C(CC)=C[C@@H]3/C(C)=C\CO. The van der Waals surface area contributed by atoms with Crippen molar-refractivity contribution in [2.24, 2.45) is 0 Å². The van der Waals surface area contributed by atoms with Crippen LogP contribution in [-0.2, 0) is 0 Å². The molecule has 0 aromatic carbocycles. The summed E-state index contributed by atoms with van der Waals surface area (Å²) in [6, 6.07) is 2.06. The van der Waals surface area contributed by atoms with Gasteiger partial charge in [-0.05, 0) is 38.0 Å². The number of nitrogens with zero attached hydrogens (tertiary/aromatic N) is 1. The lowest BCUT2D eigenvalue weighted by atomic mass is 9.98. The van der Waals surface area contributed by atoms with Crippen LogP contribution < -0.4 is 9.47 Å². The Balaban J connectivity index is 2.08. The van der Waals surface area contributed by atoms with Gasteiger partial charge in [0, 0.05) is 17.9 Å². The Hall–Kier alpha value is -2.07. The van der Waals surface area contributed by atoms with Crippen LogP contribution in [-0.4, -0.2) is 22.8 Å². The molecule has 0 saturated heterocycles. The third-order valence-corrected chi connectivity index (χ3v) is 4.58. The third kappa shape index (κ3) is 2.98. The van der Waals surface area contributed by atoms with Crippen molar-refractivity contribution in [3.63, 3.8) is 0 Å². The summed E-state index contributed by atoms with van der Waals surface area (Å²) in [5.74, 6) is 2.24. The molecule has 24 heavy (non-hydrogen) atoms. The van der Waals surface area contributed by atoms with Gasteiger partial charge in [-0.25, -0.2) is 4.98 Å². The van der Waals surface area contributed by atoms with Crippen LogP contribution in [0.25, 0.3) is 5.57 Å². The van der Waals surface area contributed by atoms with E-state index in [-0.39, 0.29) is 18.6 Å². The van der Waals surface area contributed by atoms with Gasteiger partial charge < -0.3 is 14.6 Å². The highest BCUT2D eigenvalue weighted by molar-refractivity contribution is 5.76. The number of hydrogen-bond acceptors (Lipinski definition) is 4. The van der Waals surface area contributed by atoms with Gasteiger partial charge in [0.05, 0.1) is 12.3 Å². The Kier molecular flexibility index (Phi) is 4.76. The minimum atomic E-state index is -0.0701. The van der Waals surface area contributed by atoms with Crippen molar-refractivity contribution in [1.29, 1.82) is 0 Å². The predicted octanol–water partition coefficient (Wildman–Crippen LogP) is 4.36. The van der Waals surface area contributed by atoms with E-state index in [1.165, 1.54) is 5.57 Å². The second kappa shape index (κ2) is 6.81. The standard InChI is InChI=1S/C20H25NO3/c1-5-14-10-16(12(3)7-8-22)19-17(14)11-18-20(21-19)23-13(4)9-15(6-2)24-18/h7,9-11,13,16,22H,5-6,8H2,1-4H3/b12-7-/t13-,16+/m0/s1. The predicted molar refractivity (Wildman–Crippen MR) is 95.2 cm³/mol. The molecule has 0 spiro atoms. The van der Waals surface area contributed by atoms with Crippen molar-refractivity contribution in [2.75, 3.05) is 6.61 Å². The highest BCUT2D eigenvalue weighted by Crippen LogP contribution is 2.45. The smallest absolute Gasteiger partial charge is 0.258 e. The summed E-state index contributed by atoms with van der Waals surface area (Å²) in [7, 11) is 0. The van der Waals surface area contributed by atoms with E-state index in [1.54, 1.807) is 0 Å². The van der Waals surface area contributed by atoms with E-state index >= 15 is 0 Å². The molecule has 4 heteroatoms. The second-order valence-corrected chi connectivity index (χ2v) is 6.29. The quantitative estimate of drug-likeness (QED) is 0.835. The lowest BCUT2D eigenvalue weighted by Crippen LogP contribution is -2.10. The molecule has 2 atom stereocenters. The van der Waals surface area contributed by atoms with Crippen LogP contribution in [0.3, 0.4) is 0 Å². The number of pyridine rings is 1. The molecule has 2 heterocycles. The van der Waals surface area contributed by atoms with Crippen molar-refractivity contribution < 1.29 is 14.6 Å². The van der Waals surface area contributed by atoms with Gasteiger partial charge in [-0.15, -0.1) is 0 Å². The van der Waals surface area contributed by atoms with Crippen LogP contribution in [0.15, 0.2) is 35.6 Å². The normalized spacial score (nSPS) is 22.6. The van der Waals surface area contributed by atoms with Gasteiger partial charge in [-0.2, -0.15) is 0 Å². The Labute approximate surface area is 143 Å².